The average Bonchev–Trinajstić information content (AvgIpc) is 3.49. The molecular formula is C28H30ClN3O3. The van der Waals surface area contributed by atoms with Crippen LogP contribution in [0.25, 0.3) is 0 Å². The summed E-state index contributed by atoms with van der Waals surface area (Å²) >= 11 is 6.23. The predicted octanol–water partition coefficient (Wildman–Crippen LogP) is 6.33. The van der Waals surface area contributed by atoms with Crippen LogP contribution in [0, 0.1) is 0 Å². The topological polar surface area (TPSA) is 60.5 Å². The van der Waals surface area contributed by atoms with Crippen LogP contribution >= 0.6 is 11.6 Å². The third-order valence-corrected chi connectivity index (χ3v) is 6.57. The Morgan fingerprint density at radius 1 is 1.06 bits per heavy atom. The molecule has 1 amide bonds. The van der Waals surface area contributed by atoms with Gasteiger partial charge in [-0.2, -0.15) is 5.10 Å². The minimum absolute atomic E-state index is 0.110. The summed E-state index contributed by atoms with van der Waals surface area (Å²) in [4.78, 5) is 14.4. The summed E-state index contributed by atoms with van der Waals surface area (Å²) in [6.45, 7) is 7.64. The molecule has 0 radical (unpaired) electrons. The van der Waals surface area contributed by atoms with E-state index in [1.54, 1.807) is 35.0 Å². The molecule has 0 aliphatic heterocycles. The first-order valence-corrected chi connectivity index (χ1v) is 12.0. The van der Waals surface area contributed by atoms with Crippen molar-refractivity contribution in [3.8, 4) is 5.75 Å². The van der Waals surface area contributed by atoms with Gasteiger partial charge < -0.3 is 14.1 Å². The van der Waals surface area contributed by atoms with E-state index in [2.05, 4.69) is 55.3 Å². The average molecular weight is 492 g/mol. The number of ether oxygens (including phenoxy) is 1. The number of aromatic nitrogens is 2. The summed E-state index contributed by atoms with van der Waals surface area (Å²) in [5, 5.41) is 4.76. The van der Waals surface area contributed by atoms with Crippen molar-refractivity contribution in [3.05, 3.63) is 106 Å². The van der Waals surface area contributed by atoms with Crippen LogP contribution in [0.3, 0.4) is 0 Å². The van der Waals surface area contributed by atoms with Gasteiger partial charge in [-0.25, -0.2) is 0 Å². The zero-order valence-electron chi connectivity index (χ0n) is 20.5. The summed E-state index contributed by atoms with van der Waals surface area (Å²) < 4.78 is 13.4. The van der Waals surface area contributed by atoms with E-state index in [1.807, 2.05) is 25.1 Å². The van der Waals surface area contributed by atoms with Gasteiger partial charge in [0.25, 0.3) is 5.91 Å². The Morgan fingerprint density at radius 3 is 2.43 bits per heavy atom. The van der Waals surface area contributed by atoms with Crippen molar-refractivity contribution in [1.29, 1.82) is 0 Å². The van der Waals surface area contributed by atoms with Crippen molar-refractivity contribution >= 4 is 17.5 Å². The van der Waals surface area contributed by atoms with Gasteiger partial charge in [0.1, 0.15) is 18.1 Å². The maximum atomic E-state index is 12.8. The third-order valence-electron chi connectivity index (χ3n) is 6.26. The molecule has 0 saturated heterocycles. The van der Waals surface area contributed by atoms with Crippen molar-refractivity contribution in [2.75, 3.05) is 7.05 Å². The number of amides is 1. The molecule has 0 saturated carbocycles. The van der Waals surface area contributed by atoms with E-state index in [9.17, 15) is 4.79 Å². The molecule has 0 unspecified atom stereocenters. The fraction of sp³-hybridized carbons (Fsp3) is 0.286. The first kappa shape index (κ1) is 24.6. The van der Waals surface area contributed by atoms with E-state index in [0.29, 0.717) is 23.9 Å². The van der Waals surface area contributed by atoms with Crippen molar-refractivity contribution in [2.45, 2.75) is 45.9 Å². The molecule has 0 aliphatic carbocycles. The maximum absolute atomic E-state index is 12.8. The van der Waals surface area contributed by atoms with Crippen LogP contribution in [0.15, 0.2) is 77.3 Å². The molecule has 182 valence electrons. The summed E-state index contributed by atoms with van der Waals surface area (Å²) in [6.07, 6.45) is 1.59. The lowest BCUT2D eigenvalue weighted by Gasteiger charge is -2.26. The van der Waals surface area contributed by atoms with Crippen LogP contribution in [0.4, 0.5) is 0 Å². The summed E-state index contributed by atoms with van der Waals surface area (Å²) in [5.74, 6) is 1.34. The minimum atomic E-state index is -0.233. The number of carbonyl (C=O) groups is 1. The van der Waals surface area contributed by atoms with Gasteiger partial charge in [-0.1, -0.05) is 67.9 Å². The summed E-state index contributed by atoms with van der Waals surface area (Å²) in [7, 11) is 1.71. The molecule has 6 nitrogen and oxygen atoms in total. The third kappa shape index (κ3) is 5.43. The van der Waals surface area contributed by atoms with Crippen molar-refractivity contribution in [2.24, 2.45) is 0 Å². The number of rotatable bonds is 9. The van der Waals surface area contributed by atoms with E-state index in [-0.39, 0.29) is 23.7 Å². The van der Waals surface area contributed by atoms with Crippen LogP contribution in [0.2, 0.25) is 5.02 Å². The van der Waals surface area contributed by atoms with Gasteiger partial charge in [0.2, 0.25) is 0 Å². The highest BCUT2D eigenvalue weighted by atomic mass is 35.5. The molecule has 0 atom stereocenters. The Hall–Kier alpha value is -3.51. The number of benzene rings is 2. The van der Waals surface area contributed by atoms with Gasteiger partial charge in [-0.3, -0.25) is 9.48 Å². The number of furan rings is 1. The monoisotopic (exact) mass is 491 g/mol. The lowest BCUT2D eigenvalue weighted by Crippen LogP contribution is -2.27. The van der Waals surface area contributed by atoms with E-state index < -0.39 is 0 Å². The number of hydrogen-bond acceptors (Lipinski definition) is 4. The lowest BCUT2D eigenvalue weighted by atomic mass is 9.78. The highest BCUT2D eigenvalue weighted by Gasteiger charge is 2.23. The molecule has 2 aromatic heterocycles. The second kappa shape index (κ2) is 10.4. The highest BCUT2D eigenvalue weighted by molar-refractivity contribution is 6.31. The summed E-state index contributed by atoms with van der Waals surface area (Å²) in [5.41, 5.74) is 3.14. The Balaban J connectivity index is 1.36. The first-order valence-electron chi connectivity index (χ1n) is 11.6. The van der Waals surface area contributed by atoms with Gasteiger partial charge in [0.15, 0.2) is 5.76 Å². The van der Waals surface area contributed by atoms with Gasteiger partial charge in [0, 0.05) is 19.0 Å². The molecule has 2 heterocycles. The molecule has 35 heavy (non-hydrogen) atoms. The van der Waals surface area contributed by atoms with Crippen LogP contribution in [-0.2, 0) is 25.1 Å². The van der Waals surface area contributed by atoms with Crippen molar-refractivity contribution < 1.29 is 13.9 Å². The van der Waals surface area contributed by atoms with E-state index in [4.69, 9.17) is 20.8 Å². The largest absolute Gasteiger partial charge is 0.486 e. The summed E-state index contributed by atoms with van der Waals surface area (Å²) in [6, 6.07) is 22.0. The highest BCUT2D eigenvalue weighted by Crippen LogP contribution is 2.32. The Bertz CT molecular complexity index is 1280. The standard InChI is InChI=1S/C28H30ClN3O3/c1-5-32-25(24(29)17-30-32)18-31(4)27(33)26-16-15-23(35-26)19-34-22-13-11-21(12-14-22)28(2,3)20-9-7-6-8-10-20/h6-17H,5,18-19H2,1-4H3. The number of hydrogen-bond donors (Lipinski definition) is 0. The van der Waals surface area contributed by atoms with Gasteiger partial charge in [-0.15, -0.1) is 0 Å². The number of carbonyl (C=O) groups excluding carboxylic acids is 1. The normalized spacial score (nSPS) is 11.5. The number of halogens is 1. The van der Waals surface area contributed by atoms with Crippen LogP contribution in [0.1, 0.15) is 53.9 Å². The Morgan fingerprint density at radius 2 is 1.74 bits per heavy atom. The smallest absolute Gasteiger partial charge is 0.289 e. The molecule has 7 heteroatoms. The quantitative estimate of drug-likeness (QED) is 0.274. The van der Waals surface area contributed by atoms with Gasteiger partial charge in [0.05, 0.1) is 23.5 Å². The molecule has 0 fully saturated rings. The molecule has 0 bridgehead atoms. The van der Waals surface area contributed by atoms with E-state index in [1.165, 1.54) is 11.1 Å². The van der Waals surface area contributed by atoms with Crippen LogP contribution in [0.5, 0.6) is 5.75 Å². The lowest BCUT2D eigenvalue weighted by molar-refractivity contribution is 0.0745. The molecule has 4 aromatic rings. The predicted molar refractivity (Wildman–Crippen MR) is 137 cm³/mol. The Labute approximate surface area is 211 Å². The molecule has 0 N–H and O–H groups in total. The minimum Gasteiger partial charge on any atom is -0.486 e. The number of nitrogens with zero attached hydrogens (tertiary/aromatic N) is 3. The molecule has 2 aromatic carbocycles. The molecular weight excluding hydrogens is 462 g/mol. The SMILES string of the molecule is CCn1ncc(Cl)c1CN(C)C(=O)c1ccc(COc2ccc(C(C)(C)c3ccccc3)cc2)o1. The van der Waals surface area contributed by atoms with Crippen molar-refractivity contribution in [1.82, 2.24) is 14.7 Å². The van der Waals surface area contributed by atoms with Gasteiger partial charge >= 0.3 is 0 Å². The fourth-order valence-electron chi connectivity index (χ4n) is 4.02. The second-order valence-corrected chi connectivity index (χ2v) is 9.39. The van der Waals surface area contributed by atoms with Crippen LogP contribution in [-0.4, -0.2) is 27.6 Å². The second-order valence-electron chi connectivity index (χ2n) is 8.99. The van der Waals surface area contributed by atoms with Crippen LogP contribution < -0.4 is 4.74 Å². The van der Waals surface area contributed by atoms with Gasteiger partial charge in [-0.05, 0) is 42.3 Å². The van der Waals surface area contributed by atoms with E-state index >= 15 is 0 Å². The fourth-order valence-corrected chi connectivity index (χ4v) is 4.22. The van der Waals surface area contributed by atoms with E-state index in [0.717, 1.165) is 11.4 Å². The number of aryl methyl sites for hydroxylation is 1. The first-order chi connectivity index (χ1) is 16.8. The zero-order chi connectivity index (χ0) is 25.0. The Kier molecular flexibility index (Phi) is 7.31. The molecule has 0 spiro atoms. The zero-order valence-corrected chi connectivity index (χ0v) is 21.2. The molecule has 4 rings (SSSR count). The maximum Gasteiger partial charge on any atom is 0.289 e. The van der Waals surface area contributed by atoms with Crippen molar-refractivity contribution in [3.63, 3.8) is 0 Å². The molecule has 0 aliphatic rings.